The van der Waals surface area contributed by atoms with Gasteiger partial charge >= 0.3 is 0 Å². The number of imide groups is 1. The second kappa shape index (κ2) is 9.57. The zero-order valence-corrected chi connectivity index (χ0v) is 22.1. The summed E-state index contributed by atoms with van der Waals surface area (Å²) in [4.78, 5) is 41.8. The number of likely N-dealkylation sites (tertiary alicyclic amines) is 1. The molecule has 39 heavy (non-hydrogen) atoms. The monoisotopic (exact) mass is 523 g/mol. The van der Waals surface area contributed by atoms with Gasteiger partial charge in [0.05, 0.1) is 11.3 Å². The van der Waals surface area contributed by atoms with Crippen LogP contribution in [0.15, 0.2) is 54.6 Å². The van der Waals surface area contributed by atoms with Crippen LogP contribution in [0, 0.1) is 0 Å². The summed E-state index contributed by atoms with van der Waals surface area (Å²) >= 11 is 0. The molecule has 7 rings (SSSR count). The number of piperidine rings is 2. The highest BCUT2D eigenvalue weighted by Gasteiger charge is 2.41. The van der Waals surface area contributed by atoms with Crippen LogP contribution in [0.1, 0.15) is 65.6 Å². The summed E-state index contributed by atoms with van der Waals surface area (Å²) in [6.45, 7) is 4.08. The fraction of sp³-hybridized carbons (Fsp3) is 0.406. The van der Waals surface area contributed by atoms with Crippen molar-refractivity contribution < 1.29 is 19.1 Å². The van der Waals surface area contributed by atoms with Crippen LogP contribution in [-0.2, 0) is 27.3 Å². The van der Waals surface area contributed by atoms with E-state index in [-0.39, 0.29) is 23.8 Å². The fourth-order valence-corrected chi connectivity index (χ4v) is 6.97. The Balaban J connectivity index is 1.08. The zero-order valence-electron chi connectivity index (χ0n) is 22.1. The van der Waals surface area contributed by atoms with Gasteiger partial charge in [-0.3, -0.25) is 29.5 Å². The Bertz CT molecular complexity index is 1460. The average Bonchev–Trinajstić information content (AvgIpc) is 3.52. The van der Waals surface area contributed by atoms with E-state index in [1.807, 2.05) is 18.2 Å². The summed E-state index contributed by atoms with van der Waals surface area (Å²) in [5, 5.41) is 4.33. The Morgan fingerprint density at radius 3 is 2.46 bits per heavy atom. The molecule has 3 aromatic rings. The second-order valence-corrected chi connectivity index (χ2v) is 11.5. The molecule has 4 aliphatic heterocycles. The van der Waals surface area contributed by atoms with Crippen molar-refractivity contribution in [2.75, 3.05) is 24.6 Å². The molecular weight excluding hydrogens is 490 g/mol. The van der Waals surface area contributed by atoms with Gasteiger partial charge < -0.3 is 4.74 Å². The maximum absolute atomic E-state index is 13.4. The van der Waals surface area contributed by atoms with Crippen molar-refractivity contribution >= 4 is 34.2 Å². The van der Waals surface area contributed by atoms with Gasteiger partial charge in [-0.25, -0.2) is 0 Å². The molecule has 1 spiro atoms. The molecule has 1 atom stereocenters. The van der Waals surface area contributed by atoms with Crippen molar-refractivity contribution in [2.45, 2.75) is 63.1 Å². The van der Waals surface area contributed by atoms with Crippen LogP contribution >= 0.6 is 0 Å². The normalized spacial score (nSPS) is 22.7. The van der Waals surface area contributed by atoms with Crippen molar-refractivity contribution in [2.24, 2.45) is 0 Å². The number of rotatable bonds is 5. The first-order chi connectivity index (χ1) is 19.0. The molecule has 1 N–H and O–H groups in total. The lowest BCUT2D eigenvalue weighted by molar-refractivity contribution is -0.134. The van der Waals surface area contributed by atoms with Gasteiger partial charge in [-0.15, -0.1) is 0 Å². The van der Waals surface area contributed by atoms with Gasteiger partial charge in [0.25, 0.3) is 5.91 Å². The van der Waals surface area contributed by atoms with Gasteiger partial charge in [0.1, 0.15) is 6.04 Å². The Labute approximate surface area is 228 Å². The van der Waals surface area contributed by atoms with E-state index in [1.54, 1.807) is 4.90 Å². The summed E-state index contributed by atoms with van der Waals surface area (Å²) < 4.78 is 6.07. The number of nitrogens with zero attached hydrogens (tertiary/aromatic N) is 2. The molecule has 0 unspecified atom stereocenters. The summed E-state index contributed by atoms with van der Waals surface area (Å²) in [6, 6.07) is 18.1. The van der Waals surface area contributed by atoms with Crippen LogP contribution in [-0.4, -0.2) is 54.0 Å². The lowest BCUT2D eigenvalue weighted by atomic mass is 9.88. The molecule has 0 aromatic heterocycles. The first kappa shape index (κ1) is 24.5. The van der Waals surface area contributed by atoms with E-state index in [9.17, 15) is 14.4 Å². The molecular formula is C32H33N3O4. The standard InChI is InChI=1S/C32H33N3O4/c36-28-12-11-27(30(37)33-28)35-26-10-9-23(24-3-1-4-25(29(24)26)31(35)38)19-21-5-7-22(8-6-21)20-34-16-14-32(15-17-34)13-2-18-39-32/h1,3-10,27H,2,11-20H2,(H,33,36,37)/t27-/m0/s1. The molecule has 200 valence electrons. The number of carbonyl (C=O) groups is 3. The van der Waals surface area contributed by atoms with Gasteiger partial charge in [0.2, 0.25) is 11.8 Å². The predicted octanol–water partition coefficient (Wildman–Crippen LogP) is 4.34. The minimum atomic E-state index is -0.666. The molecule has 0 bridgehead atoms. The Morgan fingerprint density at radius 2 is 1.72 bits per heavy atom. The predicted molar refractivity (Wildman–Crippen MR) is 149 cm³/mol. The van der Waals surface area contributed by atoms with E-state index in [2.05, 4.69) is 46.6 Å². The minimum Gasteiger partial charge on any atom is -0.375 e. The second-order valence-electron chi connectivity index (χ2n) is 11.5. The largest absolute Gasteiger partial charge is 0.375 e. The number of nitrogens with one attached hydrogen (secondary N) is 1. The van der Waals surface area contributed by atoms with Gasteiger partial charge in [-0.1, -0.05) is 42.5 Å². The van der Waals surface area contributed by atoms with Crippen molar-refractivity contribution in [1.29, 1.82) is 0 Å². The van der Waals surface area contributed by atoms with Crippen LogP contribution < -0.4 is 10.2 Å². The van der Waals surface area contributed by atoms with Crippen LogP contribution in [0.25, 0.3) is 10.8 Å². The smallest absolute Gasteiger partial charge is 0.259 e. The highest BCUT2D eigenvalue weighted by Crippen LogP contribution is 2.41. The van der Waals surface area contributed by atoms with E-state index < -0.39 is 11.9 Å². The maximum atomic E-state index is 13.4. The molecule has 3 saturated heterocycles. The molecule has 7 heteroatoms. The zero-order chi connectivity index (χ0) is 26.6. The Hall–Kier alpha value is -3.55. The number of benzene rings is 3. The van der Waals surface area contributed by atoms with Gasteiger partial charge in [-0.05, 0) is 72.7 Å². The lowest BCUT2D eigenvalue weighted by Gasteiger charge is -2.38. The summed E-state index contributed by atoms with van der Waals surface area (Å²) in [6.07, 6.45) is 6.04. The number of anilines is 1. The first-order valence-electron chi connectivity index (χ1n) is 14.2. The SMILES string of the molecule is O=C1CC[C@H](N2C(=O)c3cccc4c(Cc5ccc(CN6CCC7(CCCO7)CC6)cc5)ccc2c34)C(=O)N1. The van der Waals surface area contributed by atoms with E-state index in [4.69, 9.17) is 4.74 Å². The third-order valence-electron chi connectivity index (χ3n) is 9.12. The first-order valence-corrected chi connectivity index (χ1v) is 14.2. The van der Waals surface area contributed by atoms with E-state index in [1.165, 1.54) is 24.0 Å². The van der Waals surface area contributed by atoms with Gasteiger partial charge in [0, 0.05) is 43.6 Å². The third-order valence-corrected chi connectivity index (χ3v) is 9.12. The van der Waals surface area contributed by atoms with Crippen LogP contribution in [0.4, 0.5) is 5.69 Å². The molecule has 0 aliphatic carbocycles. The Kier molecular flexibility index (Phi) is 6.01. The summed E-state index contributed by atoms with van der Waals surface area (Å²) in [7, 11) is 0. The number of hydrogen-bond acceptors (Lipinski definition) is 5. The van der Waals surface area contributed by atoms with Gasteiger partial charge in [0.15, 0.2) is 0 Å². The van der Waals surface area contributed by atoms with E-state index >= 15 is 0 Å². The molecule has 0 radical (unpaired) electrons. The van der Waals surface area contributed by atoms with Crippen LogP contribution in [0.2, 0.25) is 0 Å². The fourth-order valence-electron chi connectivity index (χ4n) is 6.97. The third kappa shape index (κ3) is 4.34. The van der Waals surface area contributed by atoms with Crippen molar-refractivity contribution in [3.05, 3.63) is 76.9 Å². The molecule has 3 amide bonds. The number of hydrogen-bond donors (Lipinski definition) is 1. The maximum Gasteiger partial charge on any atom is 0.259 e. The molecule has 3 fully saturated rings. The van der Waals surface area contributed by atoms with Crippen molar-refractivity contribution in [3.63, 3.8) is 0 Å². The molecule has 4 heterocycles. The summed E-state index contributed by atoms with van der Waals surface area (Å²) in [5.41, 5.74) is 5.24. The number of ether oxygens (including phenoxy) is 1. The quantitative estimate of drug-likeness (QED) is 0.504. The van der Waals surface area contributed by atoms with E-state index in [0.717, 1.165) is 67.5 Å². The lowest BCUT2D eigenvalue weighted by Crippen LogP contribution is -2.53. The highest BCUT2D eigenvalue weighted by molar-refractivity contribution is 6.27. The number of amides is 3. The van der Waals surface area contributed by atoms with Crippen LogP contribution in [0.5, 0.6) is 0 Å². The molecule has 0 saturated carbocycles. The molecule has 4 aliphatic rings. The minimum absolute atomic E-state index is 0.156. The Morgan fingerprint density at radius 1 is 0.923 bits per heavy atom. The van der Waals surface area contributed by atoms with Crippen molar-refractivity contribution in [1.82, 2.24) is 10.2 Å². The van der Waals surface area contributed by atoms with E-state index in [0.29, 0.717) is 12.0 Å². The highest BCUT2D eigenvalue weighted by atomic mass is 16.5. The molecule has 7 nitrogen and oxygen atoms in total. The summed E-state index contributed by atoms with van der Waals surface area (Å²) in [5.74, 6) is -0.856. The topological polar surface area (TPSA) is 79.0 Å². The van der Waals surface area contributed by atoms with Gasteiger partial charge in [-0.2, -0.15) is 0 Å². The van der Waals surface area contributed by atoms with Crippen molar-refractivity contribution in [3.8, 4) is 0 Å². The van der Waals surface area contributed by atoms with Crippen LogP contribution in [0.3, 0.4) is 0 Å². The number of carbonyl (C=O) groups excluding carboxylic acids is 3. The average molecular weight is 524 g/mol. The molecule has 3 aromatic carbocycles.